The van der Waals surface area contributed by atoms with E-state index in [2.05, 4.69) is 15.8 Å². The summed E-state index contributed by atoms with van der Waals surface area (Å²) in [5.74, 6) is -1.48. The fraction of sp³-hybridized carbons (Fsp3) is 0.400. The lowest BCUT2D eigenvalue weighted by Gasteiger charge is -2.09. The molecule has 1 atom stereocenters. The zero-order valence-electron chi connectivity index (χ0n) is 12.0. The minimum absolute atomic E-state index is 0.0113. The van der Waals surface area contributed by atoms with Crippen LogP contribution in [0.2, 0.25) is 0 Å². The van der Waals surface area contributed by atoms with Crippen LogP contribution in [0.25, 0.3) is 0 Å². The lowest BCUT2D eigenvalue weighted by atomic mass is 10.1. The van der Waals surface area contributed by atoms with Crippen molar-refractivity contribution in [3.63, 3.8) is 0 Å². The minimum Gasteiger partial charge on any atom is -0.376 e. The maximum absolute atomic E-state index is 11.6. The van der Waals surface area contributed by atoms with Crippen molar-refractivity contribution in [2.24, 2.45) is 5.10 Å². The Morgan fingerprint density at radius 2 is 2.19 bits per heavy atom. The number of nitrogens with one attached hydrogen (secondary N) is 2. The van der Waals surface area contributed by atoms with Crippen LogP contribution in [0, 0.1) is 6.92 Å². The molecule has 0 spiro atoms. The first-order valence-electron chi connectivity index (χ1n) is 6.95. The van der Waals surface area contributed by atoms with E-state index in [9.17, 15) is 9.59 Å². The molecule has 1 aliphatic heterocycles. The number of carbonyl (C=O) groups is 2. The average Bonchev–Trinajstić information content (AvgIpc) is 3.00. The number of hydrogen-bond donors (Lipinski definition) is 2. The maximum atomic E-state index is 11.6. The number of amides is 2. The van der Waals surface area contributed by atoms with Gasteiger partial charge < -0.3 is 10.1 Å². The molecule has 0 radical (unpaired) electrons. The third-order valence-electron chi connectivity index (χ3n) is 3.28. The highest BCUT2D eigenvalue weighted by molar-refractivity contribution is 6.35. The fourth-order valence-corrected chi connectivity index (χ4v) is 2.03. The van der Waals surface area contributed by atoms with Crippen LogP contribution in [-0.4, -0.2) is 37.3 Å². The second kappa shape index (κ2) is 7.54. The van der Waals surface area contributed by atoms with E-state index < -0.39 is 11.8 Å². The molecule has 21 heavy (non-hydrogen) atoms. The standard InChI is InChI=1S/C15H19N3O3/c1-11-5-2-3-6-12(11)9-17-18-15(20)14(19)16-10-13-7-4-8-21-13/h2-3,5-6,9,13H,4,7-8,10H2,1H3,(H,16,19)(H,18,20)/b17-9-/t13-/m1/s1. The number of hydrogen-bond acceptors (Lipinski definition) is 4. The molecule has 0 aromatic heterocycles. The third kappa shape index (κ3) is 4.68. The molecular formula is C15H19N3O3. The Morgan fingerprint density at radius 3 is 2.90 bits per heavy atom. The van der Waals surface area contributed by atoms with Gasteiger partial charge in [-0.15, -0.1) is 0 Å². The molecule has 1 aromatic rings. The summed E-state index contributed by atoms with van der Waals surface area (Å²) in [6.07, 6.45) is 3.43. The van der Waals surface area contributed by atoms with Crippen molar-refractivity contribution in [1.82, 2.24) is 10.7 Å². The van der Waals surface area contributed by atoms with Crippen LogP contribution < -0.4 is 10.7 Å². The van der Waals surface area contributed by atoms with E-state index in [0.717, 1.165) is 24.0 Å². The van der Waals surface area contributed by atoms with Crippen LogP contribution in [0.15, 0.2) is 29.4 Å². The van der Waals surface area contributed by atoms with Gasteiger partial charge in [0.25, 0.3) is 0 Å². The predicted octanol–water partition coefficient (Wildman–Crippen LogP) is 0.740. The summed E-state index contributed by atoms with van der Waals surface area (Å²) < 4.78 is 5.36. The van der Waals surface area contributed by atoms with Gasteiger partial charge in [0, 0.05) is 13.2 Å². The average molecular weight is 289 g/mol. The molecule has 6 heteroatoms. The molecule has 6 nitrogen and oxygen atoms in total. The van der Waals surface area contributed by atoms with Crippen molar-refractivity contribution in [3.05, 3.63) is 35.4 Å². The Kier molecular flexibility index (Phi) is 5.45. The van der Waals surface area contributed by atoms with E-state index in [-0.39, 0.29) is 6.10 Å². The number of aryl methyl sites for hydroxylation is 1. The van der Waals surface area contributed by atoms with Crippen molar-refractivity contribution in [2.75, 3.05) is 13.2 Å². The maximum Gasteiger partial charge on any atom is 0.329 e. The van der Waals surface area contributed by atoms with Crippen LogP contribution in [-0.2, 0) is 14.3 Å². The molecule has 2 N–H and O–H groups in total. The summed E-state index contributed by atoms with van der Waals surface area (Å²) >= 11 is 0. The van der Waals surface area contributed by atoms with Crippen LogP contribution in [0.5, 0.6) is 0 Å². The lowest BCUT2D eigenvalue weighted by molar-refractivity contribution is -0.139. The van der Waals surface area contributed by atoms with Gasteiger partial charge in [0.2, 0.25) is 0 Å². The number of carbonyl (C=O) groups excluding carboxylic acids is 2. The predicted molar refractivity (Wildman–Crippen MR) is 78.9 cm³/mol. The molecule has 1 saturated heterocycles. The Labute approximate surface area is 123 Å². The van der Waals surface area contributed by atoms with Gasteiger partial charge in [0.05, 0.1) is 12.3 Å². The van der Waals surface area contributed by atoms with Gasteiger partial charge >= 0.3 is 11.8 Å². The quantitative estimate of drug-likeness (QED) is 0.487. The van der Waals surface area contributed by atoms with Gasteiger partial charge in [-0.2, -0.15) is 5.10 Å². The Bertz CT molecular complexity index is 537. The minimum atomic E-state index is -0.780. The number of ether oxygens (including phenoxy) is 1. The highest BCUT2D eigenvalue weighted by Gasteiger charge is 2.18. The van der Waals surface area contributed by atoms with Crippen LogP contribution >= 0.6 is 0 Å². The first kappa shape index (κ1) is 15.2. The number of hydrazone groups is 1. The highest BCUT2D eigenvalue weighted by atomic mass is 16.5. The van der Waals surface area contributed by atoms with E-state index in [1.807, 2.05) is 31.2 Å². The van der Waals surface area contributed by atoms with E-state index >= 15 is 0 Å². The van der Waals surface area contributed by atoms with Crippen molar-refractivity contribution >= 4 is 18.0 Å². The van der Waals surface area contributed by atoms with Crippen LogP contribution in [0.1, 0.15) is 24.0 Å². The number of nitrogens with zero attached hydrogens (tertiary/aromatic N) is 1. The van der Waals surface area contributed by atoms with Crippen molar-refractivity contribution < 1.29 is 14.3 Å². The molecule has 1 aliphatic rings. The van der Waals surface area contributed by atoms with E-state index in [1.54, 1.807) is 0 Å². The molecule has 1 heterocycles. The summed E-state index contributed by atoms with van der Waals surface area (Å²) in [6.45, 7) is 3.01. The molecule has 112 valence electrons. The molecule has 1 aromatic carbocycles. The fourth-order valence-electron chi connectivity index (χ4n) is 2.03. The van der Waals surface area contributed by atoms with Gasteiger partial charge in [0.1, 0.15) is 0 Å². The number of rotatable bonds is 4. The molecule has 0 aliphatic carbocycles. The van der Waals surface area contributed by atoms with E-state index in [4.69, 9.17) is 4.74 Å². The van der Waals surface area contributed by atoms with Gasteiger partial charge in [0.15, 0.2) is 0 Å². The van der Waals surface area contributed by atoms with Gasteiger partial charge in [-0.1, -0.05) is 24.3 Å². The first-order chi connectivity index (χ1) is 10.2. The molecule has 2 rings (SSSR count). The molecule has 0 bridgehead atoms. The SMILES string of the molecule is Cc1ccccc1/C=N\NC(=O)C(=O)NC[C@H]1CCCO1. The van der Waals surface area contributed by atoms with E-state index in [0.29, 0.717) is 13.2 Å². The second-order valence-electron chi connectivity index (χ2n) is 4.90. The van der Waals surface area contributed by atoms with E-state index in [1.165, 1.54) is 6.21 Å². The van der Waals surface area contributed by atoms with Crippen molar-refractivity contribution in [2.45, 2.75) is 25.9 Å². The smallest absolute Gasteiger partial charge is 0.329 e. The molecular weight excluding hydrogens is 270 g/mol. The second-order valence-corrected chi connectivity index (χ2v) is 4.90. The Morgan fingerprint density at radius 1 is 1.38 bits per heavy atom. The van der Waals surface area contributed by atoms with Crippen LogP contribution in [0.3, 0.4) is 0 Å². The topological polar surface area (TPSA) is 79.8 Å². The van der Waals surface area contributed by atoms with Crippen molar-refractivity contribution in [3.8, 4) is 0 Å². The monoisotopic (exact) mass is 289 g/mol. The summed E-state index contributed by atoms with van der Waals surface area (Å²) in [5, 5.41) is 6.32. The van der Waals surface area contributed by atoms with Gasteiger partial charge in [-0.3, -0.25) is 9.59 Å². The van der Waals surface area contributed by atoms with Gasteiger partial charge in [-0.05, 0) is 30.9 Å². The summed E-state index contributed by atoms with van der Waals surface area (Å²) in [5.41, 5.74) is 4.14. The zero-order valence-corrected chi connectivity index (χ0v) is 12.0. The summed E-state index contributed by atoms with van der Waals surface area (Å²) in [7, 11) is 0. The van der Waals surface area contributed by atoms with Crippen molar-refractivity contribution in [1.29, 1.82) is 0 Å². The lowest BCUT2D eigenvalue weighted by Crippen LogP contribution is -2.41. The summed E-state index contributed by atoms with van der Waals surface area (Å²) in [6, 6.07) is 7.62. The molecule has 0 unspecified atom stereocenters. The highest BCUT2D eigenvalue weighted by Crippen LogP contribution is 2.10. The Hall–Kier alpha value is -2.21. The Balaban J connectivity index is 1.75. The zero-order chi connectivity index (χ0) is 15.1. The number of benzene rings is 1. The molecule has 1 fully saturated rings. The van der Waals surface area contributed by atoms with Gasteiger partial charge in [-0.25, -0.2) is 5.43 Å². The first-order valence-corrected chi connectivity index (χ1v) is 6.95. The molecule has 2 amide bonds. The van der Waals surface area contributed by atoms with Crippen LogP contribution in [0.4, 0.5) is 0 Å². The largest absolute Gasteiger partial charge is 0.376 e. The normalized spacial score (nSPS) is 17.9. The molecule has 0 saturated carbocycles. The third-order valence-corrected chi connectivity index (χ3v) is 3.28. The summed E-state index contributed by atoms with van der Waals surface area (Å²) in [4.78, 5) is 23.1.